The molecule has 0 unspecified atom stereocenters. The number of fused-ring (bicyclic) bond motifs is 7. The monoisotopic (exact) mass is 799 g/mol. The van der Waals surface area contributed by atoms with Crippen LogP contribution in [0.25, 0.3) is 98.4 Å². The average Bonchev–Trinajstić information content (AvgIpc) is 3.36. The van der Waals surface area contributed by atoms with E-state index >= 15 is 0 Å². The highest BCUT2D eigenvalue weighted by Crippen LogP contribution is 2.44. The van der Waals surface area contributed by atoms with E-state index in [1.807, 2.05) is 0 Å². The maximum absolute atomic E-state index is 2.41. The Bertz CT molecular complexity index is 3650. The first-order chi connectivity index (χ1) is 31.2. The van der Waals surface area contributed by atoms with Gasteiger partial charge >= 0.3 is 0 Å². The van der Waals surface area contributed by atoms with Crippen LogP contribution in [0.1, 0.15) is 0 Å². The van der Waals surface area contributed by atoms with Crippen LogP contribution >= 0.6 is 0 Å². The molecule has 0 aromatic heterocycles. The van der Waals surface area contributed by atoms with Crippen molar-refractivity contribution in [3.63, 3.8) is 0 Å². The number of benzene rings is 12. The molecule has 12 aromatic carbocycles. The maximum atomic E-state index is 2.41. The van der Waals surface area contributed by atoms with Crippen molar-refractivity contribution in [3.05, 3.63) is 249 Å². The van der Waals surface area contributed by atoms with Gasteiger partial charge in [0.05, 0.1) is 0 Å². The lowest BCUT2D eigenvalue weighted by Crippen LogP contribution is -2.10. The van der Waals surface area contributed by atoms with Crippen molar-refractivity contribution in [2.24, 2.45) is 0 Å². The van der Waals surface area contributed by atoms with Gasteiger partial charge in [0.2, 0.25) is 0 Å². The fraction of sp³-hybridized carbons (Fsp3) is 0. The third-order valence-electron chi connectivity index (χ3n) is 12.8. The summed E-state index contributed by atoms with van der Waals surface area (Å²) in [4.78, 5) is 2.41. The molecule has 1 heteroatoms. The molecule has 63 heavy (non-hydrogen) atoms. The first kappa shape index (κ1) is 36.6. The van der Waals surface area contributed by atoms with E-state index in [4.69, 9.17) is 0 Å². The standard InChI is InChI=1S/C62H41N/c1-3-13-42(14-4-1)44-27-31-53(32-28-44)63(55-34-36-56(61(41-55)46-16-5-2-6-17-46)50-25-23-43-15-7-8-19-48(43)37-50)54-33-29-45-24-26-51(38-52(45)39-54)60-40-49-20-10-12-22-58(49)62-57-21-11-9-18-47(57)30-35-59(60)62/h1-41H. The van der Waals surface area contributed by atoms with Crippen molar-refractivity contribution >= 4 is 70.9 Å². The fourth-order valence-electron chi connectivity index (χ4n) is 9.67. The smallest absolute Gasteiger partial charge is 0.0468 e. The molecule has 0 spiro atoms. The lowest BCUT2D eigenvalue weighted by Gasteiger charge is -2.27. The van der Waals surface area contributed by atoms with Crippen LogP contribution < -0.4 is 4.90 Å². The normalized spacial score (nSPS) is 11.5. The third kappa shape index (κ3) is 6.59. The van der Waals surface area contributed by atoms with Crippen LogP contribution in [0.15, 0.2) is 249 Å². The summed E-state index contributed by atoms with van der Waals surface area (Å²) in [5, 5.41) is 12.5. The predicted molar refractivity (Wildman–Crippen MR) is 270 cm³/mol. The number of anilines is 3. The Labute approximate surface area is 367 Å². The van der Waals surface area contributed by atoms with E-state index in [0.29, 0.717) is 0 Å². The number of nitrogens with zero attached hydrogens (tertiary/aromatic N) is 1. The van der Waals surface area contributed by atoms with Crippen molar-refractivity contribution in [1.29, 1.82) is 0 Å². The van der Waals surface area contributed by atoms with Crippen LogP contribution in [0.5, 0.6) is 0 Å². The Morgan fingerprint density at radius 1 is 0.206 bits per heavy atom. The molecule has 12 rings (SSSR count). The molecule has 0 fully saturated rings. The van der Waals surface area contributed by atoms with E-state index in [2.05, 4.69) is 254 Å². The molecule has 0 amide bonds. The van der Waals surface area contributed by atoms with Gasteiger partial charge in [-0.3, -0.25) is 0 Å². The number of hydrogen-bond acceptors (Lipinski definition) is 1. The van der Waals surface area contributed by atoms with Crippen LogP contribution in [-0.4, -0.2) is 0 Å². The van der Waals surface area contributed by atoms with Crippen LogP contribution in [-0.2, 0) is 0 Å². The van der Waals surface area contributed by atoms with E-state index in [1.165, 1.54) is 98.4 Å². The van der Waals surface area contributed by atoms with E-state index in [-0.39, 0.29) is 0 Å². The summed E-state index contributed by atoms with van der Waals surface area (Å²) in [6.45, 7) is 0. The van der Waals surface area contributed by atoms with Crippen LogP contribution in [0.4, 0.5) is 17.1 Å². The molecular formula is C62H41N. The van der Waals surface area contributed by atoms with Crippen molar-refractivity contribution in [2.45, 2.75) is 0 Å². The summed E-state index contributed by atoms with van der Waals surface area (Å²) in [6.07, 6.45) is 0. The molecule has 0 heterocycles. The lowest BCUT2D eigenvalue weighted by molar-refractivity contribution is 1.29. The molecule has 0 N–H and O–H groups in total. The largest absolute Gasteiger partial charge is 0.310 e. The lowest BCUT2D eigenvalue weighted by atomic mass is 9.89. The van der Waals surface area contributed by atoms with E-state index in [0.717, 1.165) is 17.1 Å². The third-order valence-corrected chi connectivity index (χ3v) is 12.8. The molecule has 0 aliphatic carbocycles. The van der Waals surface area contributed by atoms with Gasteiger partial charge < -0.3 is 4.90 Å². The second-order valence-corrected chi connectivity index (χ2v) is 16.5. The second-order valence-electron chi connectivity index (χ2n) is 16.5. The quantitative estimate of drug-likeness (QED) is 0.145. The van der Waals surface area contributed by atoms with Gasteiger partial charge in [0.25, 0.3) is 0 Å². The molecule has 0 atom stereocenters. The van der Waals surface area contributed by atoms with Gasteiger partial charge in [-0.15, -0.1) is 0 Å². The van der Waals surface area contributed by atoms with Gasteiger partial charge in [-0.25, -0.2) is 0 Å². The second kappa shape index (κ2) is 15.3. The molecule has 0 aliphatic heterocycles. The zero-order valence-electron chi connectivity index (χ0n) is 34.6. The van der Waals surface area contributed by atoms with Gasteiger partial charge in [-0.1, -0.05) is 194 Å². The first-order valence-electron chi connectivity index (χ1n) is 21.7. The minimum absolute atomic E-state index is 1.09. The number of rotatable bonds is 7. The topological polar surface area (TPSA) is 3.24 Å². The van der Waals surface area contributed by atoms with E-state index in [1.54, 1.807) is 0 Å². The zero-order chi connectivity index (χ0) is 41.7. The SMILES string of the molecule is c1ccc(-c2ccc(N(c3ccc(-c4ccc5ccccc5c4)c(-c4ccccc4)c3)c3ccc4ccc(-c5cc6ccccc6c6c5ccc5ccccc56)cc4c3)cc2)cc1. The van der Waals surface area contributed by atoms with Crippen LogP contribution in [0.3, 0.4) is 0 Å². The number of hydrogen-bond donors (Lipinski definition) is 0. The first-order valence-corrected chi connectivity index (χ1v) is 21.7. The summed E-state index contributed by atoms with van der Waals surface area (Å²) in [7, 11) is 0. The Kier molecular flexibility index (Phi) is 8.90. The van der Waals surface area contributed by atoms with Crippen LogP contribution in [0, 0.1) is 0 Å². The molecule has 0 saturated carbocycles. The Balaban J connectivity index is 1.04. The molecule has 294 valence electrons. The van der Waals surface area contributed by atoms with Crippen LogP contribution in [0.2, 0.25) is 0 Å². The molecule has 0 saturated heterocycles. The predicted octanol–water partition coefficient (Wildman–Crippen LogP) is 17.6. The van der Waals surface area contributed by atoms with Gasteiger partial charge in [-0.2, -0.15) is 0 Å². The van der Waals surface area contributed by atoms with Gasteiger partial charge in [-0.05, 0) is 153 Å². The summed E-state index contributed by atoms with van der Waals surface area (Å²) in [5.74, 6) is 0. The molecular weight excluding hydrogens is 759 g/mol. The van der Waals surface area contributed by atoms with E-state index in [9.17, 15) is 0 Å². The van der Waals surface area contributed by atoms with E-state index < -0.39 is 0 Å². The minimum Gasteiger partial charge on any atom is -0.310 e. The Morgan fingerprint density at radius 3 is 1.46 bits per heavy atom. The van der Waals surface area contributed by atoms with Crippen molar-refractivity contribution in [3.8, 4) is 44.5 Å². The molecule has 0 radical (unpaired) electrons. The maximum Gasteiger partial charge on any atom is 0.0468 e. The highest BCUT2D eigenvalue weighted by atomic mass is 15.1. The molecule has 0 bridgehead atoms. The fourth-order valence-corrected chi connectivity index (χ4v) is 9.67. The Morgan fingerprint density at radius 2 is 0.698 bits per heavy atom. The highest BCUT2D eigenvalue weighted by Gasteiger charge is 2.19. The minimum atomic E-state index is 1.09. The van der Waals surface area contributed by atoms with Crippen molar-refractivity contribution in [1.82, 2.24) is 0 Å². The van der Waals surface area contributed by atoms with Crippen molar-refractivity contribution < 1.29 is 0 Å². The van der Waals surface area contributed by atoms with Gasteiger partial charge in [0.1, 0.15) is 0 Å². The molecule has 12 aromatic rings. The summed E-state index contributed by atoms with van der Waals surface area (Å²) < 4.78 is 0. The summed E-state index contributed by atoms with van der Waals surface area (Å²) in [5.41, 5.74) is 12.9. The zero-order valence-corrected chi connectivity index (χ0v) is 34.6. The highest BCUT2D eigenvalue weighted by molar-refractivity contribution is 6.24. The summed E-state index contributed by atoms with van der Waals surface area (Å²) in [6, 6.07) is 91.2. The van der Waals surface area contributed by atoms with Gasteiger partial charge in [0, 0.05) is 17.1 Å². The summed E-state index contributed by atoms with van der Waals surface area (Å²) >= 11 is 0. The molecule has 0 aliphatic rings. The Hall–Kier alpha value is -8.26. The average molecular weight is 800 g/mol. The van der Waals surface area contributed by atoms with Crippen molar-refractivity contribution in [2.75, 3.05) is 4.90 Å². The van der Waals surface area contributed by atoms with Gasteiger partial charge in [0.15, 0.2) is 0 Å². The molecule has 1 nitrogen and oxygen atoms in total.